The number of hydrogen-bond donors (Lipinski definition) is 2. The summed E-state index contributed by atoms with van der Waals surface area (Å²) in [6, 6.07) is 6.21. The van der Waals surface area contributed by atoms with Gasteiger partial charge in [-0.05, 0) is 33.3 Å². The second-order valence-electron chi connectivity index (χ2n) is 7.11. The molecule has 2 atom stereocenters. The van der Waals surface area contributed by atoms with Gasteiger partial charge in [-0.25, -0.2) is 14.4 Å². The lowest BCUT2D eigenvalue weighted by Gasteiger charge is -2.24. The highest BCUT2D eigenvalue weighted by Crippen LogP contribution is 2.08. The first kappa shape index (κ1) is 23.9. The molecular formula is C20H28N2O7. The van der Waals surface area contributed by atoms with Gasteiger partial charge in [0, 0.05) is 6.42 Å². The molecule has 0 saturated carbocycles. The molecule has 0 bridgehead atoms. The van der Waals surface area contributed by atoms with E-state index in [0.717, 1.165) is 5.56 Å². The van der Waals surface area contributed by atoms with Gasteiger partial charge in [-0.15, -0.1) is 0 Å². The molecule has 2 amide bonds. The van der Waals surface area contributed by atoms with Crippen molar-refractivity contribution in [1.82, 2.24) is 10.6 Å². The predicted octanol–water partition coefficient (Wildman–Crippen LogP) is 1.34. The van der Waals surface area contributed by atoms with Gasteiger partial charge in [0.1, 0.15) is 11.6 Å². The first-order valence-corrected chi connectivity index (χ1v) is 9.15. The Morgan fingerprint density at radius 3 is 2.14 bits per heavy atom. The SMILES string of the molecule is CCOC(=O)C(NC(=O)OC(C)(C)C)C(=O)N[C@@H](Cc1ccccc1)C(=O)OC. The van der Waals surface area contributed by atoms with E-state index in [4.69, 9.17) is 14.2 Å². The highest BCUT2D eigenvalue weighted by molar-refractivity contribution is 6.05. The number of rotatable bonds is 8. The number of hydrogen-bond acceptors (Lipinski definition) is 7. The van der Waals surface area contributed by atoms with Crippen molar-refractivity contribution in [1.29, 1.82) is 0 Å². The molecule has 0 heterocycles. The van der Waals surface area contributed by atoms with Crippen LogP contribution in [0.5, 0.6) is 0 Å². The molecule has 9 heteroatoms. The summed E-state index contributed by atoms with van der Waals surface area (Å²) in [4.78, 5) is 49.0. The number of carbonyl (C=O) groups is 4. The lowest BCUT2D eigenvalue weighted by molar-refractivity contribution is -0.151. The van der Waals surface area contributed by atoms with Crippen molar-refractivity contribution in [3.8, 4) is 0 Å². The fourth-order valence-electron chi connectivity index (χ4n) is 2.32. The van der Waals surface area contributed by atoms with Gasteiger partial charge in [0.05, 0.1) is 13.7 Å². The van der Waals surface area contributed by atoms with E-state index in [-0.39, 0.29) is 13.0 Å². The monoisotopic (exact) mass is 408 g/mol. The standard InChI is InChI=1S/C20H28N2O7/c1-6-28-18(25)15(22-19(26)29-20(2,3)4)16(23)21-14(17(24)27-5)12-13-10-8-7-9-11-13/h7-11,14-15H,6,12H2,1-5H3,(H,21,23)(H,22,26)/t14-,15?/m0/s1. The fourth-order valence-corrected chi connectivity index (χ4v) is 2.32. The highest BCUT2D eigenvalue weighted by atomic mass is 16.6. The van der Waals surface area contributed by atoms with Gasteiger partial charge < -0.3 is 19.5 Å². The van der Waals surface area contributed by atoms with Crippen LogP contribution >= 0.6 is 0 Å². The first-order valence-electron chi connectivity index (χ1n) is 9.15. The Morgan fingerprint density at radius 2 is 1.62 bits per heavy atom. The number of carbonyl (C=O) groups excluding carboxylic acids is 4. The maximum absolute atomic E-state index is 12.7. The van der Waals surface area contributed by atoms with Crippen LogP contribution in [-0.2, 0) is 35.0 Å². The molecule has 0 aliphatic rings. The molecule has 0 aliphatic heterocycles. The number of esters is 2. The molecule has 9 nitrogen and oxygen atoms in total. The lowest BCUT2D eigenvalue weighted by Crippen LogP contribution is -2.56. The number of ether oxygens (including phenoxy) is 3. The van der Waals surface area contributed by atoms with Crippen molar-refractivity contribution in [3.05, 3.63) is 35.9 Å². The first-order chi connectivity index (χ1) is 13.6. The summed E-state index contributed by atoms with van der Waals surface area (Å²) in [6.45, 7) is 6.48. The van der Waals surface area contributed by atoms with Gasteiger partial charge in [-0.3, -0.25) is 10.1 Å². The van der Waals surface area contributed by atoms with E-state index >= 15 is 0 Å². The second kappa shape index (κ2) is 11.0. The van der Waals surface area contributed by atoms with E-state index in [1.807, 2.05) is 6.07 Å². The minimum absolute atomic E-state index is 0.00303. The van der Waals surface area contributed by atoms with E-state index in [0.29, 0.717) is 0 Å². The van der Waals surface area contributed by atoms with E-state index < -0.39 is 41.6 Å². The molecular weight excluding hydrogens is 380 g/mol. The third kappa shape index (κ3) is 8.63. The maximum atomic E-state index is 12.7. The lowest BCUT2D eigenvalue weighted by atomic mass is 10.1. The third-order valence-corrected chi connectivity index (χ3v) is 3.53. The Balaban J connectivity index is 2.97. The number of amides is 2. The average molecular weight is 408 g/mol. The third-order valence-electron chi connectivity index (χ3n) is 3.53. The molecule has 0 spiro atoms. The van der Waals surface area contributed by atoms with Crippen LogP contribution in [0.3, 0.4) is 0 Å². The Hall–Kier alpha value is -3.10. The zero-order valence-corrected chi connectivity index (χ0v) is 17.3. The molecule has 0 aliphatic carbocycles. The van der Waals surface area contributed by atoms with Gasteiger partial charge in [0.25, 0.3) is 5.91 Å². The van der Waals surface area contributed by atoms with Gasteiger partial charge in [0.15, 0.2) is 0 Å². The van der Waals surface area contributed by atoms with Crippen molar-refractivity contribution in [2.45, 2.75) is 51.8 Å². The van der Waals surface area contributed by atoms with Crippen molar-refractivity contribution >= 4 is 23.9 Å². The van der Waals surface area contributed by atoms with Crippen molar-refractivity contribution < 1.29 is 33.4 Å². The van der Waals surface area contributed by atoms with E-state index in [1.54, 1.807) is 52.0 Å². The Bertz CT molecular complexity index is 713. The molecule has 2 N–H and O–H groups in total. The van der Waals surface area contributed by atoms with Crippen LogP contribution in [0.4, 0.5) is 4.79 Å². The number of alkyl carbamates (subject to hydrolysis) is 1. The molecule has 160 valence electrons. The van der Waals surface area contributed by atoms with Crippen LogP contribution in [0.2, 0.25) is 0 Å². The summed E-state index contributed by atoms with van der Waals surface area (Å²) in [7, 11) is 1.19. The van der Waals surface area contributed by atoms with Crippen molar-refractivity contribution in [3.63, 3.8) is 0 Å². The molecule has 1 aromatic carbocycles. The van der Waals surface area contributed by atoms with Crippen molar-refractivity contribution in [2.75, 3.05) is 13.7 Å². The predicted molar refractivity (Wildman–Crippen MR) is 104 cm³/mol. The zero-order chi connectivity index (χ0) is 22.0. The molecule has 0 aromatic heterocycles. The molecule has 0 radical (unpaired) electrons. The van der Waals surface area contributed by atoms with Crippen molar-refractivity contribution in [2.24, 2.45) is 0 Å². The van der Waals surface area contributed by atoms with Crippen LogP contribution < -0.4 is 10.6 Å². The topological polar surface area (TPSA) is 120 Å². The normalized spacial score (nSPS) is 12.9. The van der Waals surface area contributed by atoms with E-state index in [1.165, 1.54) is 7.11 Å². The molecule has 1 unspecified atom stereocenters. The van der Waals surface area contributed by atoms with Crippen LogP contribution in [-0.4, -0.2) is 55.3 Å². The fraction of sp³-hybridized carbons (Fsp3) is 0.500. The molecule has 0 fully saturated rings. The van der Waals surface area contributed by atoms with Crippen LogP contribution in [0, 0.1) is 0 Å². The van der Waals surface area contributed by atoms with Crippen LogP contribution in [0.25, 0.3) is 0 Å². The minimum Gasteiger partial charge on any atom is -0.467 e. The minimum atomic E-state index is -1.69. The molecule has 1 aromatic rings. The largest absolute Gasteiger partial charge is 0.467 e. The summed E-state index contributed by atoms with van der Waals surface area (Å²) in [5.74, 6) is -2.58. The van der Waals surface area contributed by atoms with Crippen LogP contribution in [0.15, 0.2) is 30.3 Å². The average Bonchev–Trinajstić information content (AvgIpc) is 2.64. The maximum Gasteiger partial charge on any atom is 0.408 e. The van der Waals surface area contributed by atoms with E-state index in [9.17, 15) is 19.2 Å². The van der Waals surface area contributed by atoms with Gasteiger partial charge in [0.2, 0.25) is 6.04 Å². The van der Waals surface area contributed by atoms with Gasteiger partial charge in [-0.1, -0.05) is 30.3 Å². The Kier molecular flexibility index (Phi) is 9.11. The van der Waals surface area contributed by atoms with Crippen LogP contribution in [0.1, 0.15) is 33.3 Å². The Labute approximate surface area is 170 Å². The highest BCUT2D eigenvalue weighted by Gasteiger charge is 2.34. The van der Waals surface area contributed by atoms with Gasteiger partial charge in [-0.2, -0.15) is 0 Å². The smallest absolute Gasteiger partial charge is 0.408 e. The quantitative estimate of drug-likeness (QED) is 0.378. The van der Waals surface area contributed by atoms with Gasteiger partial charge >= 0.3 is 18.0 Å². The summed E-state index contributed by atoms with van der Waals surface area (Å²) < 4.78 is 14.7. The van der Waals surface area contributed by atoms with E-state index in [2.05, 4.69) is 10.6 Å². The molecule has 29 heavy (non-hydrogen) atoms. The molecule has 0 saturated heterocycles. The number of nitrogens with one attached hydrogen (secondary N) is 2. The second-order valence-corrected chi connectivity index (χ2v) is 7.11. The summed E-state index contributed by atoms with van der Waals surface area (Å²) in [6.07, 6.45) is -0.829. The summed E-state index contributed by atoms with van der Waals surface area (Å²) >= 11 is 0. The Morgan fingerprint density at radius 1 is 1.00 bits per heavy atom. The number of methoxy groups -OCH3 is 1. The summed E-state index contributed by atoms with van der Waals surface area (Å²) in [5.41, 5.74) is -0.0577. The number of benzene rings is 1. The zero-order valence-electron chi connectivity index (χ0n) is 17.3. The molecule has 1 rings (SSSR count). The summed E-state index contributed by atoms with van der Waals surface area (Å²) in [5, 5.41) is 4.62.